The fourth-order valence-electron chi connectivity index (χ4n) is 4.34. The third-order valence-electron chi connectivity index (χ3n) is 6.84. The molecule has 0 bridgehead atoms. The van der Waals surface area contributed by atoms with Gasteiger partial charge in [-0.05, 0) is 0 Å². The number of aliphatic hydroxyl groups excluding tert-OH is 9. The molecule has 236 valence electrons. The Morgan fingerprint density at radius 2 is 0.525 bits per heavy atom. The standard InChI is InChI=1S/3C7H12O6.Fe/c3*8-3-1-7(13,6(11)12)2-4(9)5(3)10;/h3*3-5,8-10,13H,1-2H2,(H,11,12);/t3*3-,4-,5?,7?;/m111./s1. The van der Waals surface area contributed by atoms with E-state index in [1.165, 1.54) is 0 Å². The Hall–Kier alpha value is -1.55. The van der Waals surface area contributed by atoms with Crippen LogP contribution in [0.25, 0.3) is 0 Å². The van der Waals surface area contributed by atoms with Gasteiger partial charge >= 0.3 is 17.9 Å². The molecule has 0 saturated heterocycles. The van der Waals surface area contributed by atoms with Crippen molar-refractivity contribution < 1.29 is 108 Å². The van der Waals surface area contributed by atoms with Crippen LogP contribution >= 0.6 is 0 Å². The SMILES string of the molecule is O=C(O)C1(O)C[C@@H](O)C(O)[C@H](O)C1.O=C(O)C1(O)C[C@@H](O)C(O)[C@H](O)C1.O=C(O)C1(O)C[C@@H](O)C(O)[C@H](O)C1.[Fe]. The van der Waals surface area contributed by atoms with Crippen molar-refractivity contribution in [3.8, 4) is 0 Å². The van der Waals surface area contributed by atoms with E-state index in [2.05, 4.69) is 0 Å². The molecule has 0 aromatic heterocycles. The van der Waals surface area contributed by atoms with Crippen LogP contribution in [-0.2, 0) is 31.5 Å². The van der Waals surface area contributed by atoms with Gasteiger partial charge in [-0.2, -0.15) is 0 Å². The van der Waals surface area contributed by atoms with Crippen LogP contribution in [0.15, 0.2) is 0 Å². The average Bonchev–Trinajstić information content (AvgIpc) is 2.80. The quantitative estimate of drug-likeness (QED) is 0.128. The van der Waals surface area contributed by atoms with Crippen molar-refractivity contribution in [1.29, 1.82) is 0 Å². The summed E-state index contributed by atoms with van der Waals surface area (Å²) in [4.78, 5) is 31.6. The van der Waals surface area contributed by atoms with E-state index in [1.807, 2.05) is 0 Å². The van der Waals surface area contributed by atoms with Crippen molar-refractivity contribution in [3.63, 3.8) is 0 Å². The molecule has 0 radical (unpaired) electrons. The van der Waals surface area contributed by atoms with Gasteiger partial charge in [-0.25, -0.2) is 14.4 Å². The Balaban J connectivity index is 0.000000563. The van der Waals surface area contributed by atoms with Crippen molar-refractivity contribution in [3.05, 3.63) is 0 Å². The second kappa shape index (κ2) is 14.6. The molecule has 3 saturated carbocycles. The summed E-state index contributed by atoms with van der Waals surface area (Å²) >= 11 is 0. The largest absolute Gasteiger partial charge is 0.479 e. The van der Waals surface area contributed by atoms with Crippen LogP contribution in [0.2, 0.25) is 0 Å². The number of rotatable bonds is 3. The molecular formula is C21H36FeO18. The van der Waals surface area contributed by atoms with Crippen LogP contribution in [0.3, 0.4) is 0 Å². The van der Waals surface area contributed by atoms with Gasteiger partial charge in [0.05, 0.1) is 36.6 Å². The Morgan fingerprint density at radius 3 is 0.625 bits per heavy atom. The van der Waals surface area contributed by atoms with Gasteiger partial charge in [-0.15, -0.1) is 0 Å². The van der Waals surface area contributed by atoms with E-state index in [0.717, 1.165) is 0 Å². The number of aliphatic carboxylic acids is 3. The maximum atomic E-state index is 10.5. The summed E-state index contributed by atoms with van der Waals surface area (Å²) in [6.07, 6.45) is -15.5. The summed E-state index contributed by atoms with van der Waals surface area (Å²) in [5, 5.41) is 136. The minimum atomic E-state index is -2.14. The molecule has 3 aliphatic carbocycles. The fraction of sp³-hybridized carbons (Fsp3) is 0.857. The van der Waals surface area contributed by atoms with E-state index in [1.54, 1.807) is 0 Å². The Labute approximate surface area is 236 Å². The second-order valence-corrected chi connectivity index (χ2v) is 10.1. The molecule has 19 heteroatoms. The van der Waals surface area contributed by atoms with E-state index in [4.69, 9.17) is 61.3 Å². The first-order valence-electron chi connectivity index (χ1n) is 11.6. The van der Waals surface area contributed by atoms with Gasteiger partial charge < -0.3 is 76.6 Å². The molecule has 18 nitrogen and oxygen atoms in total. The summed E-state index contributed by atoms with van der Waals surface area (Å²) in [5.74, 6) is -4.51. The van der Waals surface area contributed by atoms with Crippen LogP contribution in [0.1, 0.15) is 38.5 Å². The monoisotopic (exact) mass is 632 g/mol. The Morgan fingerprint density at radius 1 is 0.400 bits per heavy atom. The van der Waals surface area contributed by atoms with E-state index in [0.29, 0.717) is 0 Å². The molecular weight excluding hydrogens is 596 g/mol. The number of hydrogen-bond donors (Lipinski definition) is 15. The van der Waals surface area contributed by atoms with Crippen LogP contribution in [0.5, 0.6) is 0 Å². The fourth-order valence-corrected chi connectivity index (χ4v) is 4.34. The summed E-state index contributed by atoms with van der Waals surface area (Å²) in [6, 6.07) is 0. The van der Waals surface area contributed by atoms with Crippen molar-refractivity contribution >= 4 is 17.9 Å². The first-order chi connectivity index (χ1) is 17.6. The molecule has 6 atom stereocenters. The Bertz CT molecular complexity index is 725. The van der Waals surface area contributed by atoms with E-state index in [9.17, 15) is 29.7 Å². The minimum absolute atomic E-state index is 0. The first kappa shape index (κ1) is 38.4. The molecule has 40 heavy (non-hydrogen) atoms. The maximum Gasteiger partial charge on any atom is 0.335 e. The number of carboxylic acid groups (broad SMARTS) is 3. The summed E-state index contributed by atoms with van der Waals surface area (Å²) in [5.41, 5.74) is -6.42. The van der Waals surface area contributed by atoms with Crippen LogP contribution in [-0.4, -0.2) is 166 Å². The van der Waals surface area contributed by atoms with Crippen LogP contribution < -0.4 is 0 Å². The molecule has 0 aromatic rings. The van der Waals surface area contributed by atoms with Crippen molar-refractivity contribution in [1.82, 2.24) is 0 Å². The Kier molecular flexibility index (Phi) is 14.0. The molecule has 3 aliphatic rings. The molecule has 0 spiro atoms. The summed E-state index contributed by atoms with van der Waals surface area (Å²) in [6.45, 7) is 0. The van der Waals surface area contributed by atoms with Gasteiger partial charge in [-0.1, -0.05) is 0 Å². The molecule has 3 rings (SSSR count). The van der Waals surface area contributed by atoms with E-state index < -0.39 is 128 Å². The topological polar surface area (TPSA) is 355 Å². The second-order valence-electron chi connectivity index (χ2n) is 10.1. The number of hydrogen-bond acceptors (Lipinski definition) is 15. The van der Waals surface area contributed by atoms with Crippen molar-refractivity contribution in [2.45, 2.75) is 110 Å². The first-order valence-corrected chi connectivity index (χ1v) is 11.6. The van der Waals surface area contributed by atoms with Gasteiger partial charge in [0, 0.05) is 55.6 Å². The number of carbonyl (C=O) groups is 3. The molecule has 0 aromatic carbocycles. The minimum Gasteiger partial charge on any atom is -0.479 e. The summed E-state index contributed by atoms with van der Waals surface area (Å²) in [7, 11) is 0. The molecule has 0 aliphatic heterocycles. The smallest absolute Gasteiger partial charge is 0.335 e. The third-order valence-corrected chi connectivity index (χ3v) is 6.84. The zero-order valence-corrected chi connectivity index (χ0v) is 21.8. The molecule has 15 N–H and O–H groups in total. The number of aliphatic hydroxyl groups is 12. The zero-order chi connectivity index (χ0) is 30.7. The van der Waals surface area contributed by atoms with Gasteiger partial charge in [-0.3, -0.25) is 0 Å². The van der Waals surface area contributed by atoms with Gasteiger partial charge in [0.1, 0.15) is 18.3 Å². The predicted octanol–water partition coefficient (Wildman–Crippen LogP) is -6.97. The number of carboxylic acids is 3. The van der Waals surface area contributed by atoms with Crippen LogP contribution in [0, 0.1) is 0 Å². The molecule has 0 unspecified atom stereocenters. The van der Waals surface area contributed by atoms with Gasteiger partial charge in [0.25, 0.3) is 0 Å². The zero-order valence-electron chi connectivity index (χ0n) is 20.7. The van der Waals surface area contributed by atoms with Crippen molar-refractivity contribution in [2.24, 2.45) is 0 Å². The van der Waals surface area contributed by atoms with E-state index in [-0.39, 0.29) is 17.1 Å². The molecule has 0 amide bonds. The van der Waals surface area contributed by atoms with Gasteiger partial charge in [0.2, 0.25) is 0 Å². The third kappa shape index (κ3) is 9.23. The van der Waals surface area contributed by atoms with E-state index >= 15 is 0 Å². The van der Waals surface area contributed by atoms with Crippen molar-refractivity contribution in [2.75, 3.05) is 0 Å². The van der Waals surface area contributed by atoms with Gasteiger partial charge in [0.15, 0.2) is 16.8 Å². The maximum absolute atomic E-state index is 10.5. The summed E-state index contributed by atoms with van der Waals surface area (Å²) < 4.78 is 0. The molecule has 3 fully saturated rings. The average molecular weight is 632 g/mol. The normalized spacial score (nSPS) is 44.9. The molecule has 0 heterocycles. The predicted molar refractivity (Wildman–Crippen MR) is 120 cm³/mol. The van der Waals surface area contributed by atoms with Crippen LogP contribution in [0.4, 0.5) is 0 Å².